The highest BCUT2D eigenvalue weighted by Crippen LogP contribution is 2.22. The molecule has 0 radical (unpaired) electrons. The van der Waals surface area contributed by atoms with Crippen LogP contribution in [0.25, 0.3) is 5.69 Å². The summed E-state index contributed by atoms with van der Waals surface area (Å²) in [5.41, 5.74) is 4.77. The Balaban J connectivity index is 2.41. The van der Waals surface area contributed by atoms with Gasteiger partial charge in [-0.2, -0.15) is 5.10 Å². The van der Waals surface area contributed by atoms with E-state index in [1.807, 2.05) is 11.7 Å². The molecule has 19 heavy (non-hydrogen) atoms. The summed E-state index contributed by atoms with van der Waals surface area (Å²) in [6.45, 7) is 5.16. The van der Waals surface area contributed by atoms with Crippen molar-refractivity contribution in [1.29, 1.82) is 0 Å². The summed E-state index contributed by atoms with van der Waals surface area (Å²) in [6.07, 6.45) is 1.96. The van der Waals surface area contributed by atoms with Crippen molar-refractivity contribution in [2.75, 3.05) is 7.05 Å². The SMILES string of the molecule is CCc1cc(CC)n(-c2ccc(CNC)c(Br)c2)n1. The summed E-state index contributed by atoms with van der Waals surface area (Å²) < 4.78 is 3.17. The van der Waals surface area contributed by atoms with Gasteiger partial charge in [0.25, 0.3) is 0 Å². The van der Waals surface area contributed by atoms with Gasteiger partial charge in [-0.3, -0.25) is 0 Å². The Morgan fingerprint density at radius 3 is 2.58 bits per heavy atom. The molecule has 3 nitrogen and oxygen atoms in total. The molecule has 0 amide bonds. The first kappa shape index (κ1) is 14.3. The first-order chi connectivity index (χ1) is 9.19. The molecule has 1 heterocycles. The molecule has 0 saturated heterocycles. The lowest BCUT2D eigenvalue weighted by Gasteiger charge is -2.09. The van der Waals surface area contributed by atoms with Gasteiger partial charge in [-0.25, -0.2) is 4.68 Å². The molecule has 0 bridgehead atoms. The predicted octanol–water partition coefficient (Wildman–Crippen LogP) is 3.48. The second-order valence-corrected chi connectivity index (χ2v) is 5.41. The molecule has 0 atom stereocenters. The first-order valence-electron chi connectivity index (χ1n) is 6.70. The van der Waals surface area contributed by atoms with Crippen LogP contribution in [0.15, 0.2) is 28.7 Å². The molecule has 0 aliphatic carbocycles. The Kier molecular flexibility index (Phi) is 4.77. The molecule has 0 aliphatic heterocycles. The van der Waals surface area contributed by atoms with E-state index in [1.54, 1.807) is 0 Å². The zero-order valence-corrected chi connectivity index (χ0v) is 13.3. The minimum Gasteiger partial charge on any atom is -0.316 e. The van der Waals surface area contributed by atoms with Crippen molar-refractivity contribution in [3.8, 4) is 5.69 Å². The maximum absolute atomic E-state index is 4.67. The van der Waals surface area contributed by atoms with E-state index in [-0.39, 0.29) is 0 Å². The van der Waals surface area contributed by atoms with Gasteiger partial charge < -0.3 is 5.32 Å². The van der Waals surface area contributed by atoms with Crippen molar-refractivity contribution >= 4 is 15.9 Å². The molecular formula is C15H20BrN3. The number of hydrogen-bond donors (Lipinski definition) is 1. The summed E-state index contributed by atoms with van der Waals surface area (Å²) >= 11 is 3.63. The summed E-state index contributed by atoms with van der Waals surface area (Å²) in [5, 5.41) is 7.83. The monoisotopic (exact) mass is 321 g/mol. The number of halogens is 1. The standard InChI is InChI=1S/C15H20BrN3/c1-4-12-8-13(5-2)19(18-12)14-7-6-11(10-17-3)15(16)9-14/h6-9,17H,4-5,10H2,1-3H3. The Morgan fingerprint density at radius 2 is 2.00 bits per heavy atom. The average Bonchev–Trinajstić information content (AvgIpc) is 2.84. The van der Waals surface area contributed by atoms with Crippen LogP contribution < -0.4 is 5.32 Å². The fourth-order valence-corrected chi connectivity index (χ4v) is 2.63. The second kappa shape index (κ2) is 6.35. The maximum atomic E-state index is 4.67. The van der Waals surface area contributed by atoms with Crippen LogP contribution in [0.2, 0.25) is 0 Å². The van der Waals surface area contributed by atoms with Crippen LogP contribution in [0.4, 0.5) is 0 Å². The third-order valence-electron chi connectivity index (χ3n) is 3.21. The van der Waals surface area contributed by atoms with Gasteiger partial charge in [0.1, 0.15) is 0 Å². The van der Waals surface area contributed by atoms with Crippen LogP contribution >= 0.6 is 15.9 Å². The molecule has 0 spiro atoms. The lowest BCUT2D eigenvalue weighted by molar-refractivity contribution is 0.787. The number of rotatable bonds is 5. The van der Waals surface area contributed by atoms with Crippen molar-refractivity contribution < 1.29 is 0 Å². The molecule has 1 aromatic carbocycles. The number of nitrogens with zero attached hydrogens (tertiary/aromatic N) is 2. The van der Waals surface area contributed by atoms with Gasteiger partial charge in [0.2, 0.25) is 0 Å². The van der Waals surface area contributed by atoms with E-state index in [4.69, 9.17) is 0 Å². The average molecular weight is 322 g/mol. The van der Waals surface area contributed by atoms with Crippen LogP contribution in [0.1, 0.15) is 30.8 Å². The molecular weight excluding hydrogens is 302 g/mol. The van der Waals surface area contributed by atoms with Crippen molar-refractivity contribution in [3.05, 3.63) is 45.7 Å². The molecule has 0 aliphatic rings. The number of aromatic nitrogens is 2. The summed E-state index contributed by atoms with van der Waals surface area (Å²) in [4.78, 5) is 0. The van der Waals surface area contributed by atoms with Gasteiger partial charge in [-0.05, 0) is 43.7 Å². The Labute approximate surface area is 123 Å². The fraction of sp³-hybridized carbons (Fsp3) is 0.400. The Hall–Kier alpha value is -1.13. The molecule has 0 unspecified atom stereocenters. The molecule has 102 valence electrons. The molecule has 1 aromatic heterocycles. The van der Waals surface area contributed by atoms with Crippen molar-refractivity contribution in [1.82, 2.24) is 15.1 Å². The Morgan fingerprint density at radius 1 is 1.21 bits per heavy atom. The van der Waals surface area contributed by atoms with Crippen LogP contribution in [-0.2, 0) is 19.4 Å². The van der Waals surface area contributed by atoms with Crippen LogP contribution in [0, 0.1) is 0 Å². The van der Waals surface area contributed by atoms with Crippen molar-refractivity contribution in [2.45, 2.75) is 33.2 Å². The minimum absolute atomic E-state index is 0.862. The van der Waals surface area contributed by atoms with Crippen LogP contribution in [-0.4, -0.2) is 16.8 Å². The molecule has 4 heteroatoms. The highest BCUT2D eigenvalue weighted by molar-refractivity contribution is 9.10. The largest absolute Gasteiger partial charge is 0.316 e. The number of aryl methyl sites for hydroxylation is 2. The minimum atomic E-state index is 0.862. The van der Waals surface area contributed by atoms with E-state index in [0.717, 1.165) is 35.2 Å². The smallest absolute Gasteiger partial charge is 0.0660 e. The lowest BCUT2D eigenvalue weighted by atomic mass is 10.2. The van der Waals surface area contributed by atoms with Crippen molar-refractivity contribution in [3.63, 3.8) is 0 Å². The van der Waals surface area contributed by atoms with Crippen LogP contribution in [0.5, 0.6) is 0 Å². The summed E-state index contributed by atoms with van der Waals surface area (Å²) in [5.74, 6) is 0. The van der Waals surface area contributed by atoms with E-state index in [1.165, 1.54) is 11.3 Å². The zero-order chi connectivity index (χ0) is 13.8. The predicted molar refractivity (Wildman–Crippen MR) is 82.8 cm³/mol. The number of benzene rings is 1. The third-order valence-corrected chi connectivity index (χ3v) is 3.94. The fourth-order valence-electron chi connectivity index (χ4n) is 2.12. The van der Waals surface area contributed by atoms with Gasteiger partial charge in [0.05, 0.1) is 11.4 Å². The van der Waals surface area contributed by atoms with Crippen molar-refractivity contribution in [2.24, 2.45) is 0 Å². The van der Waals surface area contributed by atoms with Gasteiger partial charge >= 0.3 is 0 Å². The molecule has 2 rings (SSSR count). The van der Waals surface area contributed by atoms with E-state index in [2.05, 4.69) is 64.5 Å². The van der Waals surface area contributed by atoms with E-state index in [0.29, 0.717) is 0 Å². The highest BCUT2D eigenvalue weighted by atomic mass is 79.9. The Bertz CT molecular complexity index is 561. The lowest BCUT2D eigenvalue weighted by Crippen LogP contribution is -2.07. The van der Waals surface area contributed by atoms with Gasteiger partial charge in [0.15, 0.2) is 0 Å². The molecule has 2 aromatic rings. The maximum Gasteiger partial charge on any atom is 0.0660 e. The van der Waals surface area contributed by atoms with Gasteiger partial charge in [-0.15, -0.1) is 0 Å². The molecule has 0 fully saturated rings. The van der Waals surface area contributed by atoms with Gasteiger partial charge in [0, 0.05) is 16.7 Å². The number of nitrogens with one attached hydrogen (secondary N) is 1. The highest BCUT2D eigenvalue weighted by Gasteiger charge is 2.09. The molecule has 0 saturated carbocycles. The first-order valence-corrected chi connectivity index (χ1v) is 7.50. The zero-order valence-electron chi connectivity index (χ0n) is 11.7. The van der Waals surface area contributed by atoms with Gasteiger partial charge in [-0.1, -0.05) is 35.8 Å². The second-order valence-electron chi connectivity index (χ2n) is 4.55. The van der Waals surface area contributed by atoms with E-state index < -0.39 is 0 Å². The van der Waals surface area contributed by atoms with E-state index in [9.17, 15) is 0 Å². The normalized spacial score (nSPS) is 10.9. The summed E-state index contributed by atoms with van der Waals surface area (Å²) in [6, 6.07) is 8.60. The number of hydrogen-bond acceptors (Lipinski definition) is 2. The summed E-state index contributed by atoms with van der Waals surface area (Å²) in [7, 11) is 1.95. The topological polar surface area (TPSA) is 29.9 Å². The van der Waals surface area contributed by atoms with Crippen LogP contribution in [0.3, 0.4) is 0 Å². The van der Waals surface area contributed by atoms with E-state index >= 15 is 0 Å². The third kappa shape index (κ3) is 3.07. The molecule has 1 N–H and O–H groups in total. The quantitative estimate of drug-likeness (QED) is 0.913.